The van der Waals surface area contributed by atoms with E-state index in [1.54, 1.807) is 6.08 Å². The van der Waals surface area contributed by atoms with E-state index in [0.29, 0.717) is 5.57 Å². The first-order valence-corrected chi connectivity index (χ1v) is 3.01. The maximum absolute atomic E-state index is 10.1. The summed E-state index contributed by atoms with van der Waals surface area (Å²) in [5.74, 6) is 1.88. The van der Waals surface area contributed by atoms with Crippen molar-refractivity contribution in [2.75, 3.05) is 0 Å². The molecule has 0 N–H and O–H groups in total. The molecule has 0 aromatic heterocycles. The van der Waals surface area contributed by atoms with Crippen molar-refractivity contribution < 1.29 is 21.9 Å². The van der Waals surface area contributed by atoms with Crippen LogP contribution >= 0.6 is 0 Å². The first kappa shape index (κ1) is 9.45. The van der Waals surface area contributed by atoms with Crippen LogP contribution in [0, 0.1) is 0 Å². The van der Waals surface area contributed by atoms with Crippen molar-refractivity contribution in [3.8, 4) is 0 Å². The first-order chi connectivity index (χ1) is 4.38. The van der Waals surface area contributed by atoms with E-state index in [1.807, 2.05) is 25.0 Å². The molecule has 0 fully saturated rings. The molecule has 0 unspecified atom stereocenters. The second-order valence-corrected chi connectivity index (χ2v) is 1.92. The van der Waals surface area contributed by atoms with E-state index in [0.717, 1.165) is 12.0 Å². The average Bonchev–Trinajstić information content (AvgIpc) is 2.33. The summed E-state index contributed by atoms with van der Waals surface area (Å²) in [5.41, 5.74) is 1.79. The predicted octanol–water partition coefficient (Wildman–Crippen LogP) is 1.65. The summed E-state index contributed by atoms with van der Waals surface area (Å²) in [6, 6.07) is 0. The van der Waals surface area contributed by atoms with Gasteiger partial charge in [0, 0.05) is 17.1 Å². The fraction of sp³-hybridized carbons (Fsp3) is 0.250. The molecule has 0 aromatic carbocycles. The van der Waals surface area contributed by atoms with Crippen molar-refractivity contribution in [3.63, 3.8) is 0 Å². The molecule has 0 aromatic rings. The molecule has 0 amide bonds. The second-order valence-electron chi connectivity index (χ2n) is 1.92. The quantitative estimate of drug-likeness (QED) is 0.437. The smallest absolute Gasteiger partial charge is 0.132 e. The van der Waals surface area contributed by atoms with Gasteiger partial charge in [0.1, 0.15) is 5.94 Å². The molecule has 0 aliphatic heterocycles. The molecule has 1 radical (unpaired) electrons. The number of hydrogen-bond acceptors (Lipinski definition) is 1. The Morgan fingerprint density at radius 2 is 2.30 bits per heavy atom. The minimum atomic E-state index is 0. The minimum Gasteiger partial charge on any atom is -0.233 e. The van der Waals surface area contributed by atoms with Gasteiger partial charge in [0.2, 0.25) is 0 Å². The predicted molar refractivity (Wildman–Crippen MR) is 36.7 cm³/mol. The normalized spacial score (nSPS) is 14.1. The molecule has 1 rings (SSSR count). The van der Waals surface area contributed by atoms with Crippen molar-refractivity contribution in [2.24, 2.45) is 0 Å². The molecule has 1 nitrogen and oxygen atoms in total. The largest absolute Gasteiger partial charge is 0.233 e. The van der Waals surface area contributed by atoms with E-state index in [4.69, 9.17) is 0 Å². The topological polar surface area (TPSA) is 17.1 Å². The Morgan fingerprint density at radius 3 is 2.70 bits per heavy atom. The van der Waals surface area contributed by atoms with Gasteiger partial charge in [0.15, 0.2) is 0 Å². The Balaban J connectivity index is 0.000000810. The summed E-state index contributed by atoms with van der Waals surface area (Å²) < 4.78 is 0. The monoisotopic (exact) mass is 175 g/mol. The van der Waals surface area contributed by atoms with Crippen LogP contribution in [-0.4, -0.2) is 5.94 Å². The molecule has 10 heavy (non-hydrogen) atoms. The van der Waals surface area contributed by atoms with Gasteiger partial charge < -0.3 is 0 Å². The summed E-state index contributed by atoms with van der Waals surface area (Å²) in [4.78, 5) is 10.1. The SMILES string of the molecule is CCC1=CC=CC1=C=O.[Mn]. The molecular weight excluding hydrogens is 167 g/mol. The third kappa shape index (κ3) is 1.71. The second kappa shape index (κ2) is 4.29. The molecule has 1 aliphatic carbocycles. The van der Waals surface area contributed by atoms with Crippen LogP contribution in [0.2, 0.25) is 0 Å². The number of allylic oxidation sites excluding steroid dienone is 5. The van der Waals surface area contributed by atoms with Crippen molar-refractivity contribution in [1.29, 1.82) is 0 Å². The zero-order chi connectivity index (χ0) is 6.69. The van der Waals surface area contributed by atoms with Gasteiger partial charge in [0.05, 0.1) is 5.57 Å². The van der Waals surface area contributed by atoms with E-state index < -0.39 is 0 Å². The zero-order valence-corrected chi connectivity index (χ0v) is 6.91. The summed E-state index contributed by atoms with van der Waals surface area (Å²) in [6.07, 6.45) is 6.52. The molecule has 0 saturated heterocycles. The van der Waals surface area contributed by atoms with Crippen LogP contribution in [0.25, 0.3) is 0 Å². The summed E-state index contributed by atoms with van der Waals surface area (Å²) in [5, 5.41) is 0. The molecule has 53 valence electrons. The van der Waals surface area contributed by atoms with Gasteiger partial charge in [-0.25, -0.2) is 4.79 Å². The first-order valence-electron chi connectivity index (χ1n) is 3.01. The third-order valence-electron chi connectivity index (χ3n) is 1.40. The van der Waals surface area contributed by atoms with Gasteiger partial charge in [-0.3, -0.25) is 0 Å². The molecule has 0 bridgehead atoms. The van der Waals surface area contributed by atoms with Crippen LogP contribution < -0.4 is 0 Å². The van der Waals surface area contributed by atoms with Crippen molar-refractivity contribution in [2.45, 2.75) is 13.3 Å². The van der Waals surface area contributed by atoms with Crippen LogP contribution in [-0.2, 0) is 21.9 Å². The van der Waals surface area contributed by atoms with Crippen molar-refractivity contribution >= 4 is 5.94 Å². The maximum Gasteiger partial charge on any atom is 0.132 e. The average molecular weight is 175 g/mol. The van der Waals surface area contributed by atoms with Crippen LogP contribution in [0.1, 0.15) is 13.3 Å². The van der Waals surface area contributed by atoms with Crippen LogP contribution in [0.5, 0.6) is 0 Å². The van der Waals surface area contributed by atoms with Crippen LogP contribution in [0.4, 0.5) is 0 Å². The van der Waals surface area contributed by atoms with Crippen molar-refractivity contribution in [1.82, 2.24) is 0 Å². The molecule has 2 heteroatoms. The molecule has 0 spiro atoms. The third-order valence-corrected chi connectivity index (χ3v) is 1.40. The number of carbonyl (C=O) groups excluding carboxylic acids is 1. The minimum absolute atomic E-state index is 0. The van der Waals surface area contributed by atoms with Crippen molar-refractivity contribution in [3.05, 3.63) is 29.4 Å². The Bertz CT molecular complexity index is 219. The molecule has 0 atom stereocenters. The Kier molecular flexibility index (Phi) is 4.06. The molecular formula is C8H8MnO. The molecule has 1 aliphatic rings. The standard InChI is InChI=1S/C8H8O.Mn/c1-2-7-4-3-5-8(7)6-9;/h3-5H,2H2,1H3;. The van der Waals surface area contributed by atoms with E-state index in [2.05, 4.69) is 0 Å². The fourth-order valence-corrected chi connectivity index (χ4v) is 0.865. The summed E-state index contributed by atoms with van der Waals surface area (Å²) >= 11 is 0. The van der Waals surface area contributed by atoms with Gasteiger partial charge in [-0.05, 0) is 18.1 Å². The zero-order valence-electron chi connectivity index (χ0n) is 5.73. The van der Waals surface area contributed by atoms with Gasteiger partial charge in [-0.15, -0.1) is 0 Å². The molecule has 0 saturated carbocycles. The van der Waals surface area contributed by atoms with Gasteiger partial charge >= 0.3 is 0 Å². The van der Waals surface area contributed by atoms with E-state index in [1.165, 1.54) is 0 Å². The van der Waals surface area contributed by atoms with Crippen LogP contribution in [0.3, 0.4) is 0 Å². The van der Waals surface area contributed by atoms with E-state index in [9.17, 15) is 4.79 Å². The Labute approximate surface area is 71.0 Å². The van der Waals surface area contributed by atoms with Gasteiger partial charge in [-0.1, -0.05) is 19.1 Å². The fourth-order valence-electron chi connectivity index (χ4n) is 0.865. The maximum atomic E-state index is 10.1. The van der Waals surface area contributed by atoms with E-state index in [-0.39, 0.29) is 17.1 Å². The summed E-state index contributed by atoms with van der Waals surface area (Å²) in [7, 11) is 0. The van der Waals surface area contributed by atoms with E-state index >= 15 is 0 Å². The number of rotatable bonds is 1. The summed E-state index contributed by atoms with van der Waals surface area (Å²) in [6.45, 7) is 2.02. The van der Waals surface area contributed by atoms with Gasteiger partial charge in [-0.2, -0.15) is 0 Å². The van der Waals surface area contributed by atoms with Crippen LogP contribution in [0.15, 0.2) is 29.4 Å². The molecule has 0 heterocycles. The van der Waals surface area contributed by atoms with Gasteiger partial charge in [0.25, 0.3) is 0 Å². The Morgan fingerprint density at radius 1 is 1.60 bits per heavy atom. The Hall–Kier alpha value is -0.551. The number of hydrogen-bond donors (Lipinski definition) is 0.